The largest absolute Gasteiger partial charge is 0.376 e. The minimum atomic E-state index is -0.216. The van der Waals surface area contributed by atoms with Gasteiger partial charge in [0.25, 0.3) is 5.91 Å². The number of hydrogen-bond donors (Lipinski definition) is 2. The molecule has 0 aliphatic carbocycles. The topological polar surface area (TPSA) is 53.5 Å². The van der Waals surface area contributed by atoms with Gasteiger partial charge in [-0.15, -0.1) is 0 Å². The fourth-order valence-electron chi connectivity index (χ4n) is 1.52. The van der Waals surface area contributed by atoms with Crippen molar-refractivity contribution in [3.8, 4) is 0 Å². The number of anilines is 1. The third kappa shape index (κ3) is 5.73. The lowest BCUT2D eigenvalue weighted by atomic mass is 10.2. The van der Waals surface area contributed by atoms with Gasteiger partial charge in [-0.25, -0.2) is 5.43 Å². The van der Waals surface area contributed by atoms with Crippen molar-refractivity contribution in [1.82, 2.24) is 5.43 Å². The van der Waals surface area contributed by atoms with Crippen molar-refractivity contribution in [2.45, 2.75) is 0 Å². The van der Waals surface area contributed by atoms with E-state index in [0.29, 0.717) is 5.02 Å². The van der Waals surface area contributed by atoms with Crippen LogP contribution in [-0.2, 0) is 4.79 Å². The molecule has 0 aliphatic rings. The van der Waals surface area contributed by atoms with Gasteiger partial charge in [-0.2, -0.15) is 5.10 Å². The third-order valence-corrected chi connectivity index (χ3v) is 3.54. The molecule has 21 heavy (non-hydrogen) atoms. The highest BCUT2D eigenvalue weighted by Gasteiger charge is 1.99. The number of nitrogens with one attached hydrogen (secondary N) is 2. The number of halogens is 2. The SMILES string of the molecule is O=C(CNc1ccc(Cl)cc1)N/N=C\c1ccc(I)cc1. The number of rotatable bonds is 5. The standard InChI is InChI=1S/C15H13ClIN3O/c16-12-3-7-14(8-4-12)18-10-15(21)20-19-9-11-1-5-13(17)6-2-11/h1-9,18H,10H2,(H,20,21)/b19-9-. The molecular weight excluding hydrogens is 401 g/mol. The van der Waals surface area contributed by atoms with Crippen LogP contribution in [0.4, 0.5) is 5.69 Å². The molecule has 0 saturated heterocycles. The Bertz CT molecular complexity index is 626. The lowest BCUT2D eigenvalue weighted by Crippen LogP contribution is -2.25. The van der Waals surface area contributed by atoms with Gasteiger partial charge in [0.15, 0.2) is 0 Å². The Kier molecular flexibility index (Phi) is 6.01. The highest BCUT2D eigenvalue weighted by atomic mass is 127. The van der Waals surface area contributed by atoms with E-state index < -0.39 is 0 Å². The predicted octanol–water partition coefficient (Wildman–Crippen LogP) is 3.51. The number of hydrazone groups is 1. The summed E-state index contributed by atoms with van der Waals surface area (Å²) in [7, 11) is 0. The minimum absolute atomic E-state index is 0.145. The van der Waals surface area contributed by atoms with Crippen molar-refractivity contribution in [2.24, 2.45) is 5.10 Å². The molecule has 0 fully saturated rings. The maximum atomic E-state index is 11.6. The second-order valence-corrected chi connectivity index (χ2v) is 5.89. The molecule has 0 atom stereocenters. The van der Waals surface area contributed by atoms with Gasteiger partial charge < -0.3 is 5.32 Å². The van der Waals surface area contributed by atoms with Crippen LogP contribution in [0.3, 0.4) is 0 Å². The Morgan fingerprint density at radius 1 is 1.14 bits per heavy atom. The normalized spacial score (nSPS) is 10.6. The lowest BCUT2D eigenvalue weighted by molar-refractivity contribution is -0.119. The molecule has 0 saturated carbocycles. The molecule has 0 heterocycles. The molecule has 0 aromatic heterocycles. The molecule has 2 aromatic rings. The van der Waals surface area contributed by atoms with Crippen molar-refractivity contribution < 1.29 is 4.79 Å². The van der Waals surface area contributed by atoms with E-state index in [-0.39, 0.29) is 12.5 Å². The fourth-order valence-corrected chi connectivity index (χ4v) is 2.00. The zero-order valence-electron chi connectivity index (χ0n) is 11.0. The number of nitrogens with zero attached hydrogens (tertiary/aromatic N) is 1. The second-order valence-electron chi connectivity index (χ2n) is 4.21. The van der Waals surface area contributed by atoms with E-state index in [9.17, 15) is 4.79 Å². The third-order valence-electron chi connectivity index (χ3n) is 2.57. The molecule has 0 spiro atoms. The molecule has 0 bridgehead atoms. The van der Waals surface area contributed by atoms with Crippen LogP contribution in [0.1, 0.15) is 5.56 Å². The maximum absolute atomic E-state index is 11.6. The van der Waals surface area contributed by atoms with Crippen molar-refractivity contribution >= 4 is 52.0 Å². The van der Waals surface area contributed by atoms with Crippen LogP contribution in [0, 0.1) is 3.57 Å². The van der Waals surface area contributed by atoms with Gasteiger partial charge in [0, 0.05) is 14.3 Å². The van der Waals surface area contributed by atoms with Gasteiger partial charge >= 0.3 is 0 Å². The quantitative estimate of drug-likeness (QED) is 0.448. The molecule has 1 amide bonds. The Labute approximate surface area is 141 Å². The average molecular weight is 414 g/mol. The molecule has 4 nitrogen and oxygen atoms in total. The van der Waals surface area contributed by atoms with Crippen LogP contribution in [-0.4, -0.2) is 18.7 Å². The minimum Gasteiger partial charge on any atom is -0.376 e. The van der Waals surface area contributed by atoms with Gasteiger partial charge in [0.1, 0.15) is 0 Å². The first-order chi connectivity index (χ1) is 10.1. The van der Waals surface area contributed by atoms with E-state index in [4.69, 9.17) is 11.6 Å². The van der Waals surface area contributed by atoms with E-state index in [0.717, 1.165) is 14.8 Å². The summed E-state index contributed by atoms with van der Waals surface area (Å²) in [6.07, 6.45) is 1.61. The summed E-state index contributed by atoms with van der Waals surface area (Å²) >= 11 is 8.02. The molecule has 2 rings (SSSR count). The molecule has 108 valence electrons. The van der Waals surface area contributed by atoms with E-state index in [2.05, 4.69) is 38.4 Å². The molecular formula is C15H13ClIN3O. The molecule has 0 aliphatic heterocycles. The van der Waals surface area contributed by atoms with E-state index in [1.165, 1.54) is 0 Å². The van der Waals surface area contributed by atoms with Gasteiger partial charge in [-0.1, -0.05) is 23.7 Å². The molecule has 2 N–H and O–H groups in total. The number of benzene rings is 2. The van der Waals surface area contributed by atoms with Gasteiger partial charge in [0.2, 0.25) is 0 Å². The monoisotopic (exact) mass is 413 g/mol. The van der Waals surface area contributed by atoms with Crippen molar-refractivity contribution in [2.75, 3.05) is 11.9 Å². The number of carbonyl (C=O) groups excluding carboxylic acids is 1. The van der Waals surface area contributed by atoms with Crippen LogP contribution in [0.15, 0.2) is 53.6 Å². The Hall–Kier alpha value is -1.60. The molecule has 2 aromatic carbocycles. The summed E-state index contributed by atoms with van der Waals surface area (Å²) in [4.78, 5) is 11.6. The van der Waals surface area contributed by atoms with Gasteiger partial charge in [0.05, 0.1) is 12.8 Å². The Morgan fingerprint density at radius 2 is 1.81 bits per heavy atom. The summed E-state index contributed by atoms with van der Waals surface area (Å²) in [5.41, 5.74) is 4.23. The van der Waals surface area contributed by atoms with Crippen molar-refractivity contribution in [1.29, 1.82) is 0 Å². The summed E-state index contributed by atoms with van der Waals surface area (Å²) in [5, 5.41) is 7.55. The summed E-state index contributed by atoms with van der Waals surface area (Å²) in [5.74, 6) is -0.216. The van der Waals surface area contributed by atoms with Crippen LogP contribution < -0.4 is 10.7 Å². The predicted molar refractivity (Wildman–Crippen MR) is 94.8 cm³/mol. The van der Waals surface area contributed by atoms with E-state index in [1.807, 2.05) is 36.4 Å². The lowest BCUT2D eigenvalue weighted by Gasteiger charge is -2.04. The molecule has 6 heteroatoms. The first-order valence-electron chi connectivity index (χ1n) is 6.20. The number of amides is 1. The first-order valence-corrected chi connectivity index (χ1v) is 7.66. The van der Waals surface area contributed by atoms with Crippen LogP contribution in [0.25, 0.3) is 0 Å². The smallest absolute Gasteiger partial charge is 0.259 e. The zero-order chi connectivity index (χ0) is 15.1. The molecule has 0 radical (unpaired) electrons. The van der Waals surface area contributed by atoms with Gasteiger partial charge in [-0.05, 0) is 64.6 Å². The number of carbonyl (C=O) groups is 1. The second kappa shape index (κ2) is 7.99. The first kappa shape index (κ1) is 15.8. The van der Waals surface area contributed by atoms with Crippen molar-refractivity contribution in [3.63, 3.8) is 0 Å². The number of hydrogen-bond acceptors (Lipinski definition) is 3. The van der Waals surface area contributed by atoms with Gasteiger partial charge in [-0.3, -0.25) is 4.79 Å². The Morgan fingerprint density at radius 3 is 2.48 bits per heavy atom. The van der Waals surface area contributed by atoms with Crippen LogP contribution in [0.5, 0.6) is 0 Å². The summed E-state index contributed by atoms with van der Waals surface area (Å²) < 4.78 is 1.15. The fraction of sp³-hybridized carbons (Fsp3) is 0.0667. The summed E-state index contributed by atoms with van der Waals surface area (Å²) in [6, 6.07) is 15.0. The van der Waals surface area contributed by atoms with E-state index in [1.54, 1.807) is 18.3 Å². The molecule has 0 unspecified atom stereocenters. The zero-order valence-corrected chi connectivity index (χ0v) is 13.9. The van der Waals surface area contributed by atoms with Crippen LogP contribution in [0.2, 0.25) is 5.02 Å². The highest BCUT2D eigenvalue weighted by molar-refractivity contribution is 14.1. The highest BCUT2D eigenvalue weighted by Crippen LogP contribution is 2.12. The maximum Gasteiger partial charge on any atom is 0.259 e. The Balaban J connectivity index is 1.77. The van der Waals surface area contributed by atoms with Crippen LogP contribution >= 0.6 is 34.2 Å². The average Bonchev–Trinajstić information content (AvgIpc) is 2.49. The summed E-state index contributed by atoms with van der Waals surface area (Å²) in [6.45, 7) is 0.145. The van der Waals surface area contributed by atoms with E-state index >= 15 is 0 Å². The van der Waals surface area contributed by atoms with Crippen molar-refractivity contribution in [3.05, 3.63) is 62.7 Å².